The summed E-state index contributed by atoms with van der Waals surface area (Å²) in [6, 6.07) is 0. The van der Waals surface area contributed by atoms with Crippen molar-refractivity contribution < 1.29 is 4.74 Å². The van der Waals surface area contributed by atoms with Crippen molar-refractivity contribution in [3.05, 3.63) is 15.9 Å². The molecule has 0 amide bonds. The number of rotatable bonds is 2. The zero-order valence-electron chi connectivity index (χ0n) is 9.79. The van der Waals surface area contributed by atoms with Crippen LogP contribution in [0.2, 0.25) is 0 Å². The van der Waals surface area contributed by atoms with Crippen LogP contribution in [0.5, 0.6) is 0 Å². The Balaban J connectivity index is 2.19. The summed E-state index contributed by atoms with van der Waals surface area (Å²) in [4.78, 5) is 0. The van der Waals surface area contributed by atoms with E-state index in [9.17, 15) is 0 Å². The highest BCUT2D eigenvalue weighted by Gasteiger charge is 2.30. The van der Waals surface area contributed by atoms with Crippen LogP contribution >= 0.6 is 15.9 Å². The van der Waals surface area contributed by atoms with Gasteiger partial charge in [0.25, 0.3) is 0 Å². The van der Waals surface area contributed by atoms with Gasteiger partial charge in [-0.3, -0.25) is 4.68 Å². The Morgan fingerprint density at radius 3 is 2.62 bits per heavy atom. The van der Waals surface area contributed by atoms with Crippen molar-refractivity contribution in [2.45, 2.75) is 31.7 Å². The number of hydrogen-bond acceptors (Lipinski definition) is 3. The molecule has 0 aliphatic carbocycles. The summed E-state index contributed by atoms with van der Waals surface area (Å²) < 4.78 is 8.36. The third-order valence-electron chi connectivity index (χ3n) is 3.27. The van der Waals surface area contributed by atoms with Gasteiger partial charge in [0.15, 0.2) is 0 Å². The predicted molar refractivity (Wildman–Crippen MR) is 66.3 cm³/mol. The summed E-state index contributed by atoms with van der Waals surface area (Å²) >= 11 is 3.58. The first-order chi connectivity index (χ1) is 7.52. The highest BCUT2D eigenvalue weighted by Crippen LogP contribution is 2.28. The Hall–Kier alpha value is -0.390. The second-order valence-electron chi connectivity index (χ2n) is 4.62. The van der Waals surface area contributed by atoms with Gasteiger partial charge in [-0.2, -0.15) is 5.10 Å². The molecule has 0 radical (unpaired) electrons. The molecular weight excluding hydrogens is 270 g/mol. The van der Waals surface area contributed by atoms with Gasteiger partial charge in [-0.1, -0.05) is 0 Å². The van der Waals surface area contributed by atoms with Crippen molar-refractivity contribution in [1.82, 2.24) is 9.78 Å². The van der Waals surface area contributed by atoms with E-state index < -0.39 is 0 Å². The van der Waals surface area contributed by atoms with E-state index in [1.807, 2.05) is 18.7 Å². The molecule has 2 rings (SSSR count). The maximum Gasteiger partial charge on any atom is 0.0738 e. The highest BCUT2D eigenvalue weighted by atomic mass is 79.9. The molecule has 1 aliphatic rings. The normalized spacial score (nSPS) is 20.0. The van der Waals surface area contributed by atoms with E-state index in [2.05, 4.69) is 21.0 Å². The van der Waals surface area contributed by atoms with Crippen LogP contribution in [-0.2, 0) is 18.2 Å². The number of nitrogens with zero attached hydrogens (tertiary/aromatic N) is 2. The number of aryl methyl sites for hydroxylation is 2. The second kappa shape index (κ2) is 4.47. The number of hydrogen-bond donors (Lipinski definition) is 1. The van der Waals surface area contributed by atoms with Gasteiger partial charge in [-0.15, -0.1) is 0 Å². The molecule has 1 aliphatic heterocycles. The molecule has 4 nitrogen and oxygen atoms in total. The number of ether oxygens (including phenoxy) is 1. The lowest BCUT2D eigenvalue weighted by Crippen LogP contribution is -2.47. The van der Waals surface area contributed by atoms with E-state index in [-0.39, 0.29) is 5.54 Å². The smallest absolute Gasteiger partial charge is 0.0738 e. The molecule has 0 atom stereocenters. The topological polar surface area (TPSA) is 53.1 Å². The van der Waals surface area contributed by atoms with Gasteiger partial charge in [0.05, 0.1) is 15.9 Å². The first-order valence-electron chi connectivity index (χ1n) is 5.56. The zero-order valence-corrected chi connectivity index (χ0v) is 11.4. The van der Waals surface area contributed by atoms with Gasteiger partial charge in [0, 0.05) is 32.2 Å². The maximum atomic E-state index is 6.40. The summed E-state index contributed by atoms with van der Waals surface area (Å²) in [6.07, 6.45) is 2.70. The Kier molecular flexibility index (Phi) is 3.37. The molecule has 0 aromatic carbocycles. The lowest BCUT2D eigenvalue weighted by Gasteiger charge is -2.33. The van der Waals surface area contributed by atoms with E-state index in [1.54, 1.807) is 0 Å². The van der Waals surface area contributed by atoms with Gasteiger partial charge in [0.1, 0.15) is 0 Å². The molecule has 0 saturated carbocycles. The van der Waals surface area contributed by atoms with E-state index >= 15 is 0 Å². The minimum atomic E-state index is -0.138. The van der Waals surface area contributed by atoms with Crippen LogP contribution < -0.4 is 5.73 Å². The number of nitrogens with two attached hydrogens (primary N) is 1. The molecule has 16 heavy (non-hydrogen) atoms. The minimum absolute atomic E-state index is 0.138. The standard InChI is InChI=1S/C11H18BrN3O/c1-8-10(12)9(15(2)14-8)7-11(13)3-5-16-6-4-11/h3-7,13H2,1-2H3. The van der Waals surface area contributed by atoms with Gasteiger partial charge in [-0.05, 0) is 35.7 Å². The molecule has 0 spiro atoms. The number of aromatic nitrogens is 2. The predicted octanol–water partition coefficient (Wildman–Crippen LogP) is 1.54. The van der Waals surface area contributed by atoms with Crippen LogP contribution in [0.1, 0.15) is 24.2 Å². The quantitative estimate of drug-likeness (QED) is 0.898. The van der Waals surface area contributed by atoms with Crippen LogP contribution in [0, 0.1) is 6.92 Å². The fourth-order valence-corrected chi connectivity index (χ4v) is 2.64. The Bertz CT molecular complexity index is 383. The number of halogens is 1. The SMILES string of the molecule is Cc1nn(C)c(CC2(N)CCOCC2)c1Br. The first kappa shape index (κ1) is 12.1. The third-order valence-corrected chi connectivity index (χ3v) is 4.30. The van der Waals surface area contributed by atoms with Crippen molar-refractivity contribution >= 4 is 15.9 Å². The molecule has 2 heterocycles. The summed E-state index contributed by atoms with van der Waals surface area (Å²) in [5.74, 6) is 0. The van der Waals surface area contributed by atoms with Crippen molar-refractivity contribution in [1.29, 1.82) is 0 Å². The molecule has 90 valence electrons. The van der Waals surface area contributed by atoms with E-state index in [1.165, 1.54) is 5.69 Å². The highest BCUT2D eigenvalue weighted by molar-refractivity contribution is 9.10. The third kappa shape index (κ3) is 2.31. The molecule has 1 saturated heterocycles. The Labute approximate surface area is 104 Å². The molecule has 1 aromatic heterocycles. The summed E-state index contributed by atoms with van der Waals surface area (Å²) in [5.41, 5.74) is 8.46. The lowest BCUT2D eigenvalue weighted by atomic mass is 9.86. The van der Waals surface area contributed by atoms with E-state index in [0.717, 1.165) is 42.6 Å². The minimum Gasteiger partial charge on any atom is -0.381 e. The lowest BCUT2D eigenvalue weighted by molar-refractivity contribution is 0.0527. The summed E-state index contributed by atoms with van der Waals surface area (Å²) in [6.45, 7) is 3.54. The molecule has 5 heteroatoms. The van der Waals surface area contributed by atoms with Crippen LogP contribution in [-0.4, -0.2) is 28.5 Å². The Morgan fingerprint density at radius 1 is 1.50 bits per heavy atom. The summed E-state index contributed by atoms with van der Waals surface area (Å²) in [7, 11) is 1.97. The summed E-state index contributed by atoms with van der Waals surface area (Å²) in [5, 5.41) is 4.39. The van der Waals surface area contributed by atoms with Crippen molar-refractivity contribution in [2.24, 2.45) is 12.8 Å². The average Bonchev–Trinajstić information content (AvgIpc) is 2.46. The van der Waals surface area contributed by atoms with Crippen LogP contribution in [0.25, 0.3) is 0 Å². The van der Waals surface area contributed by atoms with Gasteiger partial charge < -0.3 is 10.5 Å². The van der Waals surface area contributed by atoms with Crippen LogP contribution in [0.15, 0.2) is 4.47 Å². The van der Waals surface area contributed by atoms with Crippen LogP contribution in [0.4, 0.5) is 0 Å². The van der Waals surface area contributed by atoms with E-state index in [0.29, 0.717) is 0 Å². The van der Waals surface area contributed by atoms with Crippen LogP contribution in [0.3, 0.4) is 0 Å². The monoisotopic (exact) mass is 287 g/mol. The zero-order chi connectivity index (χ0) is 11.8. The van der Waals surface area contributed by atoms with Crippen molar-refractivity contribution in [2.75, 3.05) is 13.2 Å². The maximum absolute atomic E-state index is 6.40. The molecule has 2 N–H and O–H groups in total. The second-order valence-corrected chi connectivity index (χ2v) is 5.41. The molecular formula is C11H18BrN3O. The van der Waals surface area contributed by atoms with E-state index in [4.69, 9.17) is 10.5 Å². The van der Waals surface area contributed by atoms with Gasteiger partial charge in [-0.25, -0.2) is 0 Å². The molecule has 0 bridgehead atoms. The van der Waals surface area contributed by atoms with Gasteiger partial charge in [0.2, 0.25) is 0 Å². The fourth-order valence-electron chi connectivity index (χ4n) is 2.16. The molecule has 1 aromatic rings. The van der Waals surface area contributed by atoms with Gasteiger partial charge >= 0.3 is 0 Å². The average molecular weight is 288 g/mol. The Morgan fingerprint density at radius 2 is 2.12 bits per heavy atom. The fraction of sp³-hybridized carbons (Fsp3) is 0.727. The molecule has 1 fully saturated rings. The molecule has 0 unspecified atom stereocenters. The largest absolute Gasteiger partial charge is 0.381 e. The van der Waals surface area contributed by atoms with Crippen molar-refractivity contribution in [3.8, 4) is 0 Å². The van der Waals surface area contributed by atoms with Crippen molar-refractivity contribution in [3.63, 3.8) is 0 Å². The first-order valence-corrected chi connectivity index (χ1v) is 6.36.